The SMILES string of the molecule is CCNC(=NCC1(c2cc(C)ccc2OC)CCOCC1)N(C)CCc1cccs1.I. The van der Waals surface area contributed by atoms with Crippen molar-refractivity contribution in [3.05, 3.63) is 51.7 Å². The third kappa shape index (κ3) is 6.83. The molecule has 0 atom stereocenters. The van der Waals surface area contributed by atoms with Crippen molar-refractivity contribution in [1.82, 2.24) is 10.2 Å². The van der Waals surface area contributed by atoms with Crippen LogP contribution in [0.15, 0.2) is 40.7 Å². The van der Waals surface area contributed by atoms with Crippen LogP contribution in [0.25, 0.3) is 0 Å². The van der Waals surface area contributed by atoms with Crippen LogP contribution in [0.5, 0.6) is 5.75 Å². The molecule has 0 spiro atoms. The maximum absolute atomic E-state index is 5.75. The van der Waals surface area contributed by atoms with Crippen LogP contribution in [0.1, 0.15) is 35.8 Å². The first-order chi connectivity index (χ1) is 14.6. The summed E-state index contributed by atoms with van der Waals surface area (Å²) in [5, 5.41) is 5.62. The van der Waals surface area contributed by atoms with Crippen molar-refractivity contribution < 1.29 is 9.47 Å². The normalized spacial score (nSPS) is 15.8. The van der Waals surface area contributed by atoms with E-state index in [4.69, 9.17) is 14.5 Å². The summed E-state index contributed by atoms with van der Waals surface area (Å²) in [6, 6.07) is 10.8. The van der Waals surface area contributed by atoms with E-state index in [1.165, 1.54) is 16.0 Å². The van der Waals surface area contributed by atoms with Gasteiger partial charge in [-0.2, -0.15) is 0 Å². The first-order valence-electron chi connectivity index (χ1n) is 10.8. The van der Waals surface area contributed by atoms with Crippen molar-refractivity contribution in [2.24, 2.45) is 4.99 Å². The first kappa shape index (κ1) is 25.9. The number of nitrogens with zero attached hydrogens (tertiary/aromatic N) is 2. The molecular weight excluding hydrogens is 521 g/mol. The zero-order valence-electron chi connectivity index (χ0n) is 19.1. The molecule has 31 heavy (non-hydrogen) atoms. The number of hydrogen-bond acceptors (Lipinski definition) is 4. The van der Waals surface area contributed by atoms with E-state index < -0.39 is 0 Å². The molecule has 0 amide bonds. The van der Waals surface area contributed by atoms with E-state index >= 15 is 0 Å². The summed E-state index contributed by atoms with van der Waals surface area (Å²) in [6.45, 7) is 8.30. The van der Waals surface area contributed by atoms with Gasteiger partial charge in [0.1, 0.15) is 5.75 Å². The van der Waals surface area contributed by atoms with Crippen LogP contribution in [-0.4, -0.2) is 57.9 Å². The lowest BCUT2D eigenvalue weighted by atomic mass is 9.73. The number of ether oxygens (including phenoxy) is 2. The third-order valence-corrected chi connectivity index (χ3v) is 6.81. The van der Waals surface area contributed by atoms with Gasteiger partial charge in [0.15, 0.2) is 5.96 Å². The molecule has 1 N–H and O–H groups in total. The predicted octanol–water partition coefficient (Wildman–Crippen LogP) is 4.87. The van der Waals surface area contributed by atoms with E-state index in [0.29, 0.717) is 0 Å². The summed E-state index contributed by atoms with van der Waals surface area (Å²) in [5.41, 5.74) is 2.44. The lowest BCUT2D eigenvalue weighted by Gasteiger charge is -2.38. The Hall–Kier alpha value is -1.32. The Bertz CT molecular complexity index is 820. The summed E-state index contributed by atoms with van der Waals surface area (Å²) in [6.07, 6.45) is 2.94. The molecule has 1 saturated heterocycles. The molecule has 7 heteroatoms. The second-order valence-electron chi connectivity index (χ2n) is 8.02. The number of likely N-dealkylation sites (N-methyl/N-ethyl adjacent to an activating group) is 1. The average molecular weight is 558 g/mol. The molecule has 1 aromatic heterocycles. The molecule has 2 heterocycles. The number of rotatable bonds is 8. The minimum Gasteiger partial charge on any atom is -0.496 e. The summed E-state index contributed by atoms with van der Waals surface area (Å²) < 4.78 is 11.5. The Morgan fingerprint density at radius 2 is 2.06 bits per heavy atom. The fraction of sp³-hybridized carbons (Fsp3) is 0.542. The van der Waals surface area contributed by atoms with Crippen molar-refractivity contribution in [3.8, 4) is 5.75 Å². The number of benzene rings is 1. The maximum atomic E-state index is 5.75. The summed E-state index contributed by atoms with van der Waals surface area (Å²) in [4.78, 5) is 8.76. The minimum atomic E-state index is -0.0646. The van der Waals surface area contributed by atoms with Gasteiger partial charge in [0.2, 0.25) is 0 Å². The number of aryl methyl sites for hydroxylation is 1. The molecule has 5 nitrogen and oxygen atoms in total. The van der Waals surface area contributed by atoms with Crippen molar-refractivity contribution in [3.63, 3.8) is 0 Å². The van der Waals surface area contributed by atoms with Gasteiger partial charge >= 0.3 is 0 Å². The van der Waals surface area contributed by atoms with Crippen molar-refractivity contribution in [2.45, 2.75) is 38.5 Å². The predicted molar refractivity (Wildman–Crippen MR) is 142 cm³/mol. The molecule has 172 valence electrons. The van der Waals surface area contributed by atoms with Gasteiger partial charge in [-0.1, -0.05) is 23.8 Å². The van der Waals surface area contributed by atoms with Gasteiger partial charge in [0.25, 0.3) is 0 Å². The quantitative estimate of drug-likeness (QED) is 0.286. The fourth-order valence-electron chi connectivity index (χ4n) is 4.05. The molecule has 0 bridgehead atoms. The Morgan fingerprint density at radius 3 is 2.71 bits per heavy atom. The zero-order chi connectivity index (χ0) is 21.4. The van der Waals surface area contributed by atoms with Gasteiger partial charge in [0.05, 0.1) is 13.7 Å². The number of aliphatic imine (C=N–C) groups is 1. The molecule has 1 aliphatic heterocycles. The van der Waals surface area contributed by atoms with Crippen LogP contribution in [0, 0.1) is 6.92 Å². The van der Waals surface area contributed by atoms with Crippen LogP contribution in [0.2, 0.25) is 0 Å². The van der Waals surface area contributed by atoms with Crippen molar-refractivity contribution >= 4 is 41.3 Å². The Kier molecular flexibility index (Phi) is 10.6. The monoisotopic (exact) mass is 557 g/mol. The highest BCUT2D eigenvalue weighted by molar-refractivity contribution is 14.0. The van der Waals surface area contributed by atoms with Crippen LogP contribution in [-0.2, 0) is 16.6 Å². The number of guanidine groups is 1. The maximum Gasteiger partial charge on any atom is 0.193 e. The van der Waals surface area contributed by atoms with E-state index in [-0.39, 0.29) is 29.4 Å². The highest BCUT2D eigenvalue weighted by Crippen LogP contribution is 2.40. The van der Waals surface area contributed by atoms with Gasteiger partial charge in [-0.05, 0) is 50.6 Å². The topological polar surface area (TPSA) is 46.1 Å². The number of thiophene rings is 1. The van der Waals surface area contributed by atoms with E-state index in [1.54, 1.807) is 7.11 Å². The molecule has 0 unspecified atom stereocenters. The van der Waals surface area contributed by atoms with Crippen LogP contribution >= 0.6 is 35.3 Å². The van der Waals surface area contributed by atoms with E-state index in [1.807, 2.05) is 11.3 Å². The number of methoxy groups -OCH3 is 1. The molecule has 3 rings (SSSR count). The summed E-state index contributed by atoms with van der Waals surface area (Å²) in [5.74, 6) is 1.92. The van der Waals surface area contributed by atoms with Gasteiger partial charge in [-0.25, -0.2) is 0 Å². The summed E-state index contributed by atoms with van der Waals surface area (Å²) in [7, 11) is 3.88. The number of nitrogens with one attached hydrogen (secondary N) is 1. The molecule has 1 aliphatic rings. The van der Waals surface area contributed by atoms with Crippen LogP contribution in [0.3, 0.4) is 0 Å². The zero-order valence-corrected chi connectivity index (χ0v) is 22.3. The van der Waals surface area contributed by atoms with Crippen LogP contribution in [0.4, 0.5) is 0 Å². The molecule has 2 aromatic rings. The standard InChI is InChI=1S/C24H35N3O2S.HI/c1-5-25-23(27(3)13-10-20-7-6-16-30-20)26-18-24(11-14-29-15-12-24)21-17-19(2)8-9-22(21)28-4;/h6-9,16-17H,5,10-15,18H2,1-4H3,(H,25,26);1H. The Balaban J connectivity index is 0.00000341. The van der Waals surface area contributed by atoms with Gasteiger partial charge in [-0.15, -0.1) is 35.3 Å². The highest BCUT2D eigenvalue weighted by Gasteiger charge is 2.37. The van der Waals surface area contributed by atoms with Gasteiger partial charge in [-0.3, -0.25) is 4.99 Å². The lowest BCUT2D eigenvalue weighted by Crippen LogP contribution is -2.42. The number of hydrogen-bond donors (Lipinski definition) is 1. The Labute approximate surface area is 208 Å². The average Bonchev–Trinajstić information content (AvgIpc) is 3.29. The van der Waals surface area contributed by atoms with Gasteiger partial charge < -0.3 is 19.7 Å². The second-order valence-corrected chi connectivity index (χ2v) is 9.05. The highest BCUT2D eigenvalue weighted by atomic mass is 127. The smallest absolute Gasteiger partial charge is 0.193 e. The second kappa shape index (κ2) is 12.6. The molecule has 1 fully saturated rings. The first-order valence-corrected chi connectivity index (χ1v) is 11.7. The van der Waals surface area contributed by atoms with Crippen molar-refractivity contribution in [1.29, 1.82) is 0 Å². The molecule has 0 saturated carbocycles. The largest absolute Gasteiger partial charge is 0.496 e. The minimum absolute atomic E-state index is 0. The molecular formula is C24H36IN3O2S. The molecule has 0 radical (unpaired) electrons. The third-order valence-electron chi connectivity index (χ3n) is 5.88. The fourth-order valence-corrected chi connectivity index (χ4v) is 4.74. The van der Waals surface area contributed by atoms with E-state index in [2.05, 4.69) is 66.8 Å². The van der Waals surface area contributed by atoms with E-state index in [0.717, 1.165) is 63.8 Å². The van der Waals surface area contributed by atoms with Crippen molar-refractivity contribution in [2.75, 3.05) is 47.0 Å². The lowest BCUT2D eigenvalue weighted by molar-refractivity contribution is 0.0522. The summed E-state index contributed by atoms with van der Waals surface area (Å²) >= 11 is 1.81. The van der Waals surface area contributed by atoms with Crippen LogP contribution < -0.4 is 10.1 Å². The number of halogens is 1. The Morgan fingerprint density at radius 1 is 1.29 bits per heavy atom. The molecule has 1 aromatic carbocycles. The van der Waals surface area contributed by atoms with E-state index in [9.17, 15) is 0 Å². The molecule has 0 aliphatic carbocycles. The van der Waals surface area contributed by atoms with Gasteiger partial charge in [0, 0.05) is 49.2 Å².